The topological polar surface area (TPSA) is 138 Å². The van der Waals surface area contributed by atoms with Gasteiger partial charge in [0.25, 0.3) is 0 Å². The molecule has 0 radical (unpaired) electrons. The summed E-state index contributed by atoms with van der Waals surface area (Å²) < 4.78 is 0. The third-order valence-electron chi connectivity index (χ3n) is 1.22. The molecular weight excluding hydrogens is 496 g/mol. The van der Waals surface area contributed by atoms with E-state index in [9.17, 15) is 30.6 Å². The fourth-order valence-corrected chi connectivity index (χ4v) is 0. The van der Waals surface area contributed by atoms with Crippen molar-refractivity contribution in [1.29, 1.82) is 0 Å². The molecule has 0 N–H and O–H groups in total. The molecule has 0 bridgehead atoms. The molecule has 0 unspecified atom stereocenters. The van der Waals surface area contributed by atoms with E-state index < -0.39 is 0 Å². The molecule has 0 aliphatic heterocycles. The number of hydrogen-bond donors (Lipinski definition) is 0. The molecular formula is C18H42O6W. The SMILES string of the molecule is CCC[O-].CCC[O-].CCC[O-].CCC[O-].CCC[O-].CCC[O-].[W+6]. The van der Waals surface area contributed by atoms with Crippen molar-refractivity contribution in [2.24, 2.45) is 0 Å². The Hall–Kier alpha value is 0.448. The first kappa shape index (κ1) is 44.7. The van der Waals surface area contributed by atoms with Crippen molar-refractivity contribution in [2.75, 3.05) is 39.6 Å². The van der Waals surface area contributed by atoms with E-state index in [1.165, 1.54) is 0 Å². The molecule has 0 rings (SSSR count). The summed E-state index contributed by atoms with van der Waals surface area (Å²) >= 11 is 0. The Morgan fingerprint density at radius 1 is 0.320 bits per heavy atom. The second kappa shape index (κ2) is 86.7. The molecule has 7 heteroatoms. The van der Waals surface area contributed by atoms with Crippen molar-refractivity contribution in [1.82, 2.24) is 0 Å². The van der Waals surface area contributed by atoms with Crippen LogP contribution in [0.1, 0.15) is 80.1 Å². The number of rotatable bonds is 6. The van der Waals surface area contributed by atoms with Crippen molar-refractivity contribution in [3.8, 4) is 0 Å². The largest absolute Gasteiger partial charge is 6.00 e. The van der Waals surface area contributed by atoms with E-state index >= 15 is 0 Å². The first-order chi connectivity index (χ1) is 11.5. The summed E-state index contributed by atoms with van der Waals surface area (Å²) in [5, 5.41) is 55.8. The zero-order valence-electron chi connectivity index (χ0n) is 17.3. The van der Waals surface area contributed by atoms with Crippen LogP contribution in [-0.4, -0.2) is 39.6 Å². The Morgan fingerprint density at radius 3 is 0.360 bits per heavy atom. The molecule has 0 aliphatic carbocycles. The van der Waals surface area contributed by atoms with Crippen LogP contribution in [0.5, 0.6) is 0 Å². The Balaban J connectivity index is -0.0000000309. The van der Waals surface area contributed by atoms with Gasteiger partial charge in [-0.25, -0.2) is 0 Å². The van der Waals surface area contributed by atoms with Gasteiger partial charge in [0.1, 0.15) is 0 Å². The van der Waals surface area contributed by atoms with E-state index in [0.29, 0.717) is 0 Å². The normalized spacial score (nSPS) is 7.20. The second-order valence-electron chi connectivity index (χ2n) is 4.22. The molecule has 6 nitrogen and oxygen atoms in total. The molecule has 0 saturated heterocycles. The van der Waals surface area contributed by atoms with Crippen LogP contribution in [0.15, 0.2) is 0 Å². The number of hydrogen-bond acceptors (Lipinski definition) is 6. The van der Waals surface area contributed by atoms with Gasteiger partial charge < -0.3 is 30.6 Å². The first-order valence-electron chi connectivity index (χ1n) is 8.97. The molecule has 0 fully saturated rings. The molecule has 0 amide bonds. The van der Waals surface area contributed by atoms with E-state index in [0.717, 1.165) is 38.5 Å². The van der Waals surface area contributed by atoms with E-state index in [2.05, 4.69) is 0 Å². The Bertz CT molecular complexity index is 68.5. The van der Waals surface area contributed by atoms with E-state index in [4.69, 9.17) is 0 Å². The molecule has 25 heavy (non-hydrogen) atoms. The van der Waals surface area contributed by atoms with Crippen LogP contribution in [0.3, 0.4) is 0 Å². The Labute approximate surface area is 171 Å². The minimum atomic E-state index is 0. The van der Waals surface area contributed by atoms with Crippen molar-refractivity contribution in [3.05, 3.63) is 0 Å². The monoisotopic (exact) mass is 538 g/mol. The van der Waals surface area contributed by atoms with Crippen molar-refractivity contribution in [2.45, 2.75) is 80.1 Å². The smallest absolute Gasteiger partial charge is 0.854 e. The summed E-state index contributed by atoms with van der Waals surface area (Å²) in [4.78, 5) is 0. The van der Waals surface area contributed by atoms with E-state index in [-0.39, 0.29) is 60.7 Å². The second-order valence-corrected chi connectivity index (χ2v) is 4.22. The van der Waals surface area contributed by atoms with E-state index in [1.54, 1.807) is 0 Å². The molecule has 156 valence electrons. The molecule has 0 aromatic heterocycles. The van der Waals surface area contributed by atoms with Gasteiger partial charge in [-0.15, -0.1) is 39.6 Å². The molecule has 0 saturated carbocycles. The molecule has 0 aromatic rings. The quantitative estimate of drug-likeness (QED) is 0.405. The van der Waals surface area contributed by atoms with Gasteiger partial charge in [0, 0.05) is 0 Å². The first-order valence-corrected chi connectivity index (χ1v) is 8.97. The van der Waals surface area contributed by atoms with Crippen LogP contribution in [0.4, 0.5) is 0 Å². The fourth-order valence-electron chi connectivity index (χ4n) is 0. The summed E-state index contributed by atoms with van der Waals surface area (Å²) in [6.45, 7) is 11.6. The van der Waals surface area contributed by atoms with Gasteiger partial charge in [0.05, 0.1) is 0 Å². The van der Waals surface area contributed by atoms with Crippen LogP contribution in [0, 0.1) is 0 Å². The van der Waals surface area contributed by atoms with Crippen LogP contribution >= 0.6 is 0 Å². The zero-order valence-corrected chi connectivity index (χ0v) is 20.3. The summed E-state index contributed by atoms with van der Waals surface area (Å²) in [7, 11) is 0. The van der Waals surface area contributed by atoms with Gasteiger partial charge in [-0.1, -0.05) is 80.1 Å². The summed E-state index contributed by atoms with van der Waals surface area (Å²) in [5.41, 5.74) is 0. The van der Waals surface area contributed by atoms with Gasteiger partial charge in [0.2, 0.25) is 0 Å². The van der Waals surface area contributed by atoms with Crippen molar-refractivity contribution >= 4 is 0 Å². The van der Waals surface area contributed by atoms with Gasteiger partial charge in [0.15, 0.2) is 0 Å². The van der Waals surface area contributed by atoms with Crippen molar-refractivity contribution < 1.29 is 51.7 Å². The maximum atomic E-state index is 9.30. The summed E-state index contributed by atoms with van der Waals surface area (Å²) in [6.07, 6.45) is 4.58. The maximum Gasteiger partial charge on any atom is 6.00 e. The molecule has 0 aromatic carbocycles. The van der Waals surface area contributed by atoms with Gasteiger partial charge in [-0.3, -0.25) is 0 Å². The minimum absolute atomic E-state index is 0. The zero-order chi connectivity index (χ0) is 20.5. The Kier molecular flexibility index (Phi) is 155. The van der Waals surface area contributed by atoms with Gasteiger partial charge >= 0.3 is 21.1 Å². The minimum Gasteiger partial charge on any atom is -0.854 e. The standard InChI is InChI=1S/6C3H7O.W/c6*1-2-3-4;/h6*2-3H2,1H3;/q6*-1;+6. The van der Waals surface area contributed by atoms with Crippen LogP contribution < -0.4 is 30.6 Å². The molecule has 0 aliphatic rings. The summed E-state index contributed by atoms with van der Waals surface area (Å²) in [5.74, 6) is 0. The van der Waals surface area contributed by atoms with Crippen LogP contribution in [-0.2, 0) is 21.1 Å². The average molecular weight is 538 g/mol. The van der Waals surface area contributed by atoms with Gasteiger partial charge in [-0.2, -0.15) is 0 Å². The average Bonchev–Trinajstić information content (AvgIpc) is 2.68. The maximum absolute atomic E-state index is 9.30. The molecule has 0 atom stereocenters. The summed E-state index contributed by atoms with van der Waals surface area (Å²) in [6, 6.07) is 0. The van der Waals surface area contributed by atoms with E-state index in [1.807, 2.05) is 41.5 Å². The van der Waals surface area contributed by atoms with Gasteiger partial charge in [-0.05, 0) is 0 Å². The van der Waals surface area contributed by atoms with Crippen LogP contribution in [0.25, 0.3) is 0 Å². The molecule has 0 spiro atoms. The predicted molar refractivity (Wildman–Crippen MR) is 90.9 cm³/mol. The van der Waals surface area contributed by atoms with Crippen LogP contribution in [0.2, 0.25) is 0 Å². The third kappa shape index (κ3) is 296. The Morgan fingerprint density at radius 2 is 0.360 bits per heavy atom. The predicted octanol–water partition coefficient (Wildman–Crippen LogP) is -1.46. The third-order valence-corrected chi connectivity index (χ3v) is 1.22. The van der Waals surface area contributed by atoms with Crippen molar-refractivity contribution in [3.63, 3.8) is 0 Å². The fraction of sp³-hybridized carbons (Fsp3) is 1.00. The molecule has 0 heterocycles.